The number of rotatable bonds is 5. The van der Waals surface area contributed by atoms with Crippen LogP contribution in [0, 0.1) is 5.92 Å². The summed E-state index contributed by atoms with van der Waals surface area (Å²) in [6.45, 7) is 2.44. The van der Waals surface area contributed by atoms with E-state index in [0.717, 1.165) is 29.8 Å². The number of piperidine rings is 1. The summed E-state index contributed by atoms with van der Waals surface area (Å²) in [5.41, 5.74) is 1.80. The van der Waals surface area contributed by atoms with Crippen molar-refractivity contribution in [1.82, 2.24) is 9.88 Å². The van der Waals surface area contributed by atoms with Crippen LogP contribution < -0.4 is 9.47 Å². The van der Waals surface area contributed by atoms with Crippen LogP contribution in [-0.2, 0) is 11.3 Å². The van der Waals surface area contributed by atoms with Crippen LogP contribution in [0.15, 0.2) is 36.5 Å². The monoisotopic (exact) mass is 374 g/mol. The molecule has 1 aromatic heterocycles. The van der Waals surface area contributed by atoms with Gasteiger partial charge in [-0.05, 0) is 37.1 Å². The Balaban J connectivity index is 1.92. The van der Waals surface area contributed by atoms with Gasteiger partial charge < -0.3 is 14.4 Å². The second kappa shape index (κ2) is 7.96. The van der Waals surface area contributed by atoms with Crippen LogP contribution in [0.4, 0.5) is 0 Å². The molecule has 138 valence electrons. The van der Waals surface area contributed by atoms with Crippen molar-refractivity contribution in [2.75, 3.05) is 14.2 Å². The minimum atomic E-state index is -0.0669. The van der Waals surface area contributed by atoms with Crippen molar-refractivity contribution >= 4 is 17.5 Å². The lowest BCUT2D eigenvalue weighted by molar-refractivity contribution is -0.142. The van der Waals surface area contributed by atoms with Crippen LogP contribution in [0.2, 0.25) is 5.02 Å². The summed E-state index contributed by atoms with van der Waals surface area (Å²) < 4.78 is 10.8. The molecular formula is C20H23ClN2O3. The Bertz CT molecular complexity index is 779. The van der Waals surface area contributed by atoms with Gasteiger partial charge in [-0.25, -0.2) is 0 Å². The molecule has 1 saturated heterocycles. The normalized spacial score (nSPS) is 20.2. The molecule has 0 radical (unpaired) electrons. The molecule has 0 aliphatic carbocycles. The minimum absolute atomic E-state index is 0.00259. The molecule has 0 saturated carbocycles. The average molecular weight is 375 g/mol. The quantitative estimate of drug-likeness (QED) is 0.785. The average Bonchev–Trinajstić information content (AvgIpc) is 2.66. The zero-order valence-electron chi connectivity index (χ0n) is 15.2. The first-order chi connectivity index (χ1) is 12.5. The van der Waals surface area contributed by atoms with Gasteiger partial charge in [-0.15, -0.1) is 0 Å². The van der Waals surface area contributed by atoms with E-state index in [-0.39, 0.29) is 17.9 Å². The lowest BCUT2D eigenvalue weighted by Crippen LogP contribution is -2.42. The summed E-state index contributed by atoms with van der Waals surface area (Å²) in [7, 11) is 3.24. The van der Waals surface area contributed by atoms with Crippen LogP contribution in [-0.4, -0.2) is 30.0 Å². The van der Waals surface area contributed by atoms with Gasteiger partial charge in [-0.1, -0.05) is 18.5 Å². The van der Waals surface area contributed by atoms with E-state index in [1.807, 2.05) is 42.2 Å². The number of likely N-dealkylation sites (tertiary alicyclic amines) is 1. The van der Waals surface area contributed by atoms with Crippen molar-refractivity contribution in [3.63, 3.8) is 0 Å². The number of nitrogens with zero attached hydrogens (tertiary/aromatic N) is 2. The highest BCUT2D eigenvalue weighted by Crippen LogP contribution is 2.36. The van der Waals surface area contributed by atoms with Crippen molar-refractivity contribution in [3.8, 4) is 11.5 Å². The van der Waals surface area contributed by atoms with Gasteiger partial charge >= 0.3 is 0 Å². The molecule has 1 aromatic carbocycles. The number of carbonyl (C=O) groups is 1. The third-order valence-corrected chi connectivity index (χ3v) is 5.10. The van der Waals surface area contributed by atoms with Crippen molar-refractivity contribution in [2.45, 2.75) is 32.4 Å². The molecule has 0 N–H and O–H groups in total. The van der Waals surface area contributed by atoms with Gasteiger partial charge in [0.15, 0.2) is 0 Å². The number of halogens is 1. The molecule has 2 unspecified atom stereocenters. The Morgan fingerprint density at radius 1 is 1.19 bits per heavy atom. The Kier molecular flexibility index (Phi) is 5.67. The number of ether oxygens (including phenoxy) is 2. The molecule has 26 heavy (non-hydrogen) atoms. The van der Waals surface area contributed by atoms with Crippen LogP contribution >= 0.6 is 11.6 Å². The smallest absolute Gasteiger partial charge is 0.226 e. The highest BCUT2D eigenvalue weighted by Gasteiger charge is 2.35. The van der Waals surface area contributed by atoms with Gasteiger partial charge in [0.05, 0.1) is 31.0 Å². The number of hydrogen-bond acceptors (Lipinski definition) is 4. The molecule has 2 atom stereocenters. The summed E-state index contributed by atoms with van der Waals surface area (Å²) in [4.78, 5) is 19.3. The van der Waals surface area contributed by atoms with Crippen LogP contribution in [0.3, 0.4) is 0 Å². The van der Waals surface area contributed by atoms with Gasteiger partial charge in [0.2, 0.25) is 5.91 Å². The molecule has 1 aliphatic heterocycles. The van der Waals surface area contributed by atoms with Gasteiger partial charge in [0, 0.05) is 30.3 Å². The zero-order valence-corrected chi connectivity index (χ0v) is 16.0. The molecule has 1 fully saturated rings. The van der Waals surface area contributed by atoms with E-state index >= 15 is 0 Å². The molecule has 1 aliphatic rings. The standard InChI is InChI=1S/C20H23ClN2O3/c1-13-4-9-18(17-8-6-15(21)11-22-17)23(20(13)24)12-14-5-7-16(25-2)10-19(14)26-3/h5-8,10-11,13,18H,4,9,12H2,1-3H3. The summed E-state index contributed by atoms with van der Waals surface area (Å²) in [5.74, 6) is 1.57. The second-order valence-electron chi connectivity index (χ2n) is 6.54. The van der Waals surface area contributed by atoms with E-state index in [2.05, 4.69) is 4.98 Å². The number of hydrogen-bond donors (Lipinski definition) is 0. The number of carbonyl (C=O) groups excluding carboxylic acids is 1. The zero-order chi connectivity index (χ0) is 18.7. The van der Waals surface area contributed by atoms with Crippen LogP contribution in [0.1, 0.15) is 37.1 Å². The van der Waals surface area contributed by atoms with E-state index in [1.165, 1.54) is 0 Å². The molecule has 0 spiro atoms. The molecule has 2 heterocycles. The highest BCUT2D eigenvalue weighted by molar-refractivity contribution is 6.30. The molecule has 0 bridgehead atoms. The van der Waals surface area contributed by atoms with E-state index in [4.69, 9.17) is 21.1 Å². The minimum Gasteiger partial charge on any atom is -0.497 e. The van der Waals surface area contributed by atoms with Gasteiger partial charge in [-0.3, -0.25) is 9.78 Å². The lowest BCUT2D eigenvalue weighted by Gasteiger charge is -2.38. The summed E-state index contributed by atoms with van der Waals surface area (Å²) in [6, 6.07) is 9.31. The third kappa shape index (κ3) is 3.78. The Labute approximate surface area is 158 Å². The number of pyridine rings is 1. The molecule has 3 rings (SSSR count). The van der Waals surface area contributed by atoms with Crippen molar-refractivity contribution in [2.24, 2.45) is 5.92 Å². The maximum absolute atomic E-state index is 12.9. The SMILES string of the molecule is COc1ccc(CN2C(=O)C(C)CCC2c2ccc(Cl)cn2)c(OC)c1. The fraction of sp³-hybridized carbons (Fsp3) is 0.400. The van der Waals surface area contributed by atoms with Gasteiger partial charge in [-0.2, -0.15) is 0 Å². The molecule has 5 nitrogen and oxygen atoms in total. The number of aromatic nitrogens is 1. The Hall–Kier alpha value is -2.27. The Morgan fingerprint density at radius 2 is 2.00 bits per heavy atom. The predicted octanol–water partition coefficient (Wildman–Crippen LogP) is 4.25. The number of methoxy groups -OCH3 is 2. The van der Waals surface area contributed by atoms with E-state index in [1.54, 1.807) is 20.4 Å². The van der Waals surface area contributed by atoms with Crippen molar-refractivity contribution in [3.05, 3.63) is 52.8 Å². The van der Waals surface area contributed by atoms with Gasteiger partial charge in [0.25, 0.3) is 0 Å². The topological polar surface area (TPSA) is 51.7 Å². The maximum atomic E-state index is 12.9. The van der Waals surface area contributed by atoms with Crippen LogP contribution in [0.25, 0.3) is 0 Å². The first kappa shape index (κ1) is 18.5. The fourth-order valence-corrected chi connectivity index (χ4v) is 3.48. The number of amides is 1. The first-order valence-electron chi connectivity index (χ1n) is 8.66. The second-order valence-corrected chi connectivity index (χ2v) is 6.98. The summed E-state index contributed by atoms with van der Waals surface area (Å²) in [5, 5.41) is 0.590. The van der Waals surface area contributed by atoms with Gasteiger partial charge in [0.1, 0.15) is 11.5 Å². The largest absolute Gasteiger partial charge is 0.497 e. The molecule has 2 aromatic rings. The van der Waals surface area contributed by atoms with Crippen molar-refractivity contribution < 1.29 is 14.3 Å². The summed E-state index contributed by atoms with van der Waals surface area (Å²) >= 11 is 5.97. The third-order valence-electron chi connectivity index (χ3n) is 4.88. The molecular weight excluding hydrogens is 352 g/mol. The fourth-order valence-electron chi connectivity index (χ4n) is 3.37. The van der Waals surface area contributed by atoms with E-state index < -0.39 is 0 Å². The lowest BCUT2D eigenvalue weighted by atomic mass is 9.90. The first-order valence-corrected chi connectivity index (χ1v) is 9.04. The highest BCUT2D eigenvalue weighted by atomic mass is 35.5. The molecule has 6 heteroatoms. The maximum Gasteiger partial charge on any atom is 0.226 e. The predicted molar refractivity (Wildman–Crippen MR) is 100 cm³/mol. The van der Waals surface area contributed by atoms with E-state index in [9.17, 15) is 4.79 Å². The summed E-state index contributed by atoms with van der Waals surface area (Å²) in [6.07, 6.45) is 3.36. The van der Waals surface area contributed by atoms with Crippen LogP contribution in [0.5, 0.6) is 11.5 Å². The number of benzene rings is 1. The van der Waals surface area contributed by atoms with Crippen molar-refractivity contribution in [1.29, 1.82) is 0 Å². The molecule has 1 amide bonds. The van der Waals surface area contributed by atoms with E-state index in [0.29, 0.717) is 17.3 Å². The Morgan fingerprint density at radius 3 is 2.65 bits per heavy atom.